The molecule has 0 spiro atoms. The first-order valence-corrected chi connectivity index (χ1v) is 5.73. The molecule has 94 valence electrons. The summed E-state index contributed by atoms with van der Waals surface area (Å²) in [7, 11) is 0. The Kier molecular flexibility index (Phi) is 2.82. The van der Waals surface area contributed by atoms with E-state index in [9.17, 15) is 4.79 Å². The monoisotopic (exact) mass is 253 g/mol. The number of urea groups is 1. The molecule has 0 atom stereocenters. The highest BCUT2D eigenvalue weighted by atomic mass is 16.2. The van der Waals surface area contributed by atoms with Crippen LogP contribution in [-0.2, 0) is 0 Å². The van der Waals surface area contributed by atoms with Crippen molar-refractivity contribution in [2.24, 2.45) is 0 Å². The third-order valence-corrected chi connectivity index (χ3v) is 2.59. The number of anilines is 2. The van der Waals surface area contributed by atoms with Gasteiger partial charge in [-0.2, -0.15) is 0 Å². The number of aromatic nitrogens is 3. The van der Waals surface area contributed by atoms with E-state index >= 15 is 0 Å². The Labute approximate surface area is 109 Å². The number of carbonyl (C=O) groups excluding carboxylic acids is 1. The molecule has 0 aliphatic carbocycles. The van der Waals surface area contributed by atoms with Crippen LogP contribution in [0, 0.1) is 0 Å². The first-order valence-electron chi connectivity index (χ1n) is 5.73. The van der Waals surface area contributed by atoms with Crippen molar-refractivity contribution in [3.8, 4) is 0 Å². The summed E-state index contributed by atoms with van der Waals surface area (Å²) in [6.07, 6.45) is 6.60. The second-order valence-corrected chi connectivity index (χ2v) is 3.89. The van der Waals surface area contributed by atoms with Crippen molar-refractivity contribution in [2.45, 2.75) is 0 Å². The number of para-hydroxylation sites is 1. The molecule has 0 saturated carbocycles. The van der Waals surface area contributed by atoms with Crippen LogP contribution in [0.15, 0.2) is 55.1 Å². The lowest BCUT2D eigenvalue weighted by Gasteiger charge is -2.08. The lowest BCUT2D eigenvalue weighted by Crippen LogP contribution is -2.20. The first kappa shape index (κ1) is 11.2. The Hall–Kier alpha value is -2.89. The zero-order valence-corrected chi connectivity index (χ0v) is 9.95. The molecule has 0 bridgehead atoms. The summed E-state index contributed by atoms with van der Waals surface area (Å²) in [6, 6.07) is 8.90. The summed E-state index contributed by atoms with van der Waals surface area (Å²) >= 11 is 0. The fourth-order valence-corrected chi connectivity index (χ4v) is 1.74. The smallest absolute Gasteiger partial charge is 0.308 e. The molecule has 0 aliphatic rings. The zero-order valence-electron chi connectivity index (χ0n) is 9.95. The summed E-state index contributed by atoms with van der Waals surface area (Å²) in [4.78, 5) is 20.0. The van der Waals surface area contributed by atoms with Gasteiger partial charge in [0.05, 0.1) is 12.4 Å². The standard InChI is InChI=1S/C13H11N5O/c19-13(16-10-4-2-1-3-5-10)17-12-9-14-8-11-15-6-7-18(11)12/h1-9H,(H2,16,17,19). The molecule has 0 saturated heterocycles. The SMILES string of the molecule is O=C(Nc1ccccc1)Nc1cncc2nccn12. The lowest BCUT2D eigenvalue weighted by atomic mass is 10.3. The van der Waals surface area contributed by atoms with Crippen LogP contribution in [0.2, 0.25) is 0 Å². The predicted molar refractivity (Wildman–Crippen MR) is 72.1 cm³/mol. The maximum Gasteiger partial charge on any atom is 0.324 e. The van der Waals surface area contributed by atoms with E-state index < -0.39 is 0 Å². The number of rotatable bonds is 2. The van der Waals surface area contributed by atoms with Gasteiger partial charge in [0.1, 0.15) is 5.82 Å². The highest BCUT2D eigenvalue weighted by Gasteiger charge is 2.06. The molecule has 3 rings (SSSR count). The first-order chi connectivity index (χ1) is 9.33. The molecule has 2 heterocycles. The zero-order chi connectivity index (χ0) is 13.1. The van der Waals surface area contributed by atoms with Gasteiger partial charge in [0, 0.05) is 18.1 Å². The van der Waals surface area contributed by atoms with Crippen molar-refractivity contribution in [1.29, 1.82) is 0 Å². The quantitative estimate of drug-likeness (QED) is 0.736. The Balaban J connectivity index is 1.78. The molecule has 0 aliphatic heterocycles. The maximum absolute atomic E-state index is 11.9. The van der Waals surface area contributed by atoms with Crippen LogP contribution in [0.1, 0.15) is 0 Å². The number of fused-ring (bicyclic) bond motifs is 1. The minimum Gasteiger partial charge on any atom is -0.308 e. The van der Waals surface area contributed by atoms with Gasteiger partial charge in [0.15, 0.2) is 5.65 Å². The molecule has 0 fully saturated rings. The minimum atomic E-state index is -0.325. The molecule has 3 aromatic rings. The highest BCUT2D eigenvalue weighted by molar-refractivity contribution is 5.99. The van der Waals surface area contributed by atoms with Gasteiger partial charge < -0.3 is 5.32 Å². The third kappa shape index (κ3) is 2.37. The number of benzene rings is 1. The van der Waals surface area contributed by atoms with E-state index in [1.165, 1.54) is 0 Å². The Bertz CT molecular complexity index is 707. The van der Waals surface area contributed by atoms with Crippen molar-refractivity contribution >= 4 is 23.2 Å². The van der Waals surface area contributed by atoms with E-state index in [2.05, 4.69) is 20.6 Å². The molecule has 2 N–H and O–H groups in total. The summed E-state index contributed by atoms with van der Waals surface area (Å²) in [5.74, 6) is 0.559. The van der Waals surface area contributed by atoms with Crippen LogP contribution in [0.25, 0.3) is 5.65 Å². The van der Waals surface area contributed by atoms with Crippen molar-refractivity contribution in [2.75, 3.05) is 10.6 Å². The molecule has 2 aromatic heterocycles. The van der Waals surface area contributed by atoms with Crippen molar-refractivity contribution < 1.29 is 4.79 Å². The second-order valence-electron chi connectivity index (χ2n) is 3.89. The Morgan fingerprint density at radius 1 is 1.11 bits per heavy atom. The van der Waals surface area contributed by atoms with E-state index in [0.717, 1.165) is 5.69 Å². The highest BCUT2D eigenvalue weighted by Crippen LogP contribution is 2.10. The molecular weight excluding hydrogens is 242 g/mol. The topological polar surface area (TPSA) is 71.3 Å². The maximum atomic E-state index is 11.9. The molecule has 0 unspecified atom stereocenters. The number of imidazole rings is 1. The summed E-state index contributed by atoms with van der Waals surface area (Å²) in [5, 5.41) is 5.47. The minimum absolute atomic E-state index is 0.325. The van der Waals surface area contributed by atoms with E-state index in [1.807, 2.05) is 30.3 Å². The van der Waals surface area contributed by atoms with Gasteiger partial charge >= 0.3 is 6.03 Å². The van der Waals surface area contributed by atoms with Gasteiger partial charge in [0.2, 0.25) is 0 Å². The number of nitrogens with zero attached hydrogens (tertiary/aromatic N) is 3. The largest absolute Gasteiger partial charge is 0.324 e. The molecule has 6 nitrogen and oxygen atoms in total. The van der Waals surface area contributed by atoms with Crippen LogP contribution < -0.4 is 10.6 Å². The third-order valence-electron chi connectivity index (χ3n) is 2.59. The number of nitrogens with one attached hydrogen (secondary N) is 2. The van der Waals surface area contributed by atoms with Crippen LogP contribution in [-0.4, -0.2) is 20.4 Å². The molecular formula is C13H11N5O. The van der Waals surface area contributed by atoms with Gasteiger partial charge in [-0.15, -0.1) is 0 Å². The van der Waals surface area contributed by atoms with E-state index in [-0.39, 0.29) is 6.03 Å². The molecule has 2 amide bonds. The predicted octanol–water partition coefficient (Wildman–Crippen LogP) is 2.37. The average Bonchev–Trinajstić information content (AvgIpc) is 2.89. The van der Waals surface area contributed by atoms with Crippen molar-refractivity contribution in [1.82, 2.24) is 14.4 Å². The van der Waals surface area contributed by atoms with E-state index in [0.29, 0.717) is 11.5 Å². The average molecular weight is 253 g/mol. The van der Waals surface area contributed by atoms with Crippen molar-refractivity contribution in [3.63, 3.8) is 0 Å². The van der Waals surface area contributed by atoms with Crippen LogP contribution in [0.5, 0.6) is 0 Å². The van der Waals surface area contributed by atoms with Gasteiger partial charge in [-0.1, -0.05) is 18.2 Å². The summed E-state index contributed by atoms with van der Waals surface area (Å²) in [6.45, 7) is 0. The molecule has 1 aromatic carbocycles. The lowest BCUT2D eigenvalue weighted by molar-refractivity contribution is 0.262. The van der Waals surface area contributed by atoms with Crippen LogP contribution in [0.3, 0.4) is 0 Å². The number of hydrogen-bond acceptors (Lipinski definition) is 3. The Morgan fingerprint density at radius 2 is 1.95 bits per heavy atom. The molecule has 6 heteroatoms. The van der Waals surface area contributed by atoms with E-state index in [1.54, 1.807) is 29.2 Å². The normalized spacial score (nSPS) is 10.3. The molecule has 0 radical (unpaired) electrons. The van der Waals surface area contributed by atoms with Gasteiger partial charge in [-0.05, 0) is 12.1 Å². The fourth-order valence-electron chi connectivity index (χ4n) is 1.74. The van der Waals surface area contributed by atoms with Gasteiger partial charge in [-0.3, -0.25) is 14.7 Å². The van der Waals surface area contributed by atoms with Crippen LogP contribution >= 0.6 is 0 Å². The number of amides is 2. The van der Waals surface area contributed by atoms with E-state index in [4.69, 9.17) is 0 Å². The fraction of sp³-hybridized carbons (Fsp3) is 0. The van der Waals surface area contributed by atoms with Crippen LogP contribution in [0.4, 0.5) is 16.3 Å². The van der Waals surface area contributed by atoms with Gasteiger partial charge in [-0.25, -0.2) is 9.78 Å². The molecule has 19 heavy (non-hydrogen) atoms. The summed E-state index contributed by atoms with van der Waals surface area (Å²) < 4.78 is 1.75. The number of hydrogen-bond donors (Lipinski definition) is 2. The van der Waals surface area contributed by atoms with Crippen molar-refractivity contribution in [3.05, 3.63) is 55.1 Å². The Morgan fingerprint density at radius 3 is 2.79 bits per heavy atom. The number of carbonyl (C=O) groups is 1. The summed E-state index contributed by atoms with van der Waals surface area (Å²) in [5.41, 5.74) is 1.41. The van der Waals surface area contributed by atoms with Gasteiger partial charge in [0.25, 0.3) is 0 Å². The second kappa shape index (κ2) is 4.77.